The van der Waals surface area contributed by atoms with Crippen molar-refractivity contribution in [2.75, 3.05) is 18.8 Å². The number of hydrogen-bond donors (Lipinski definition) is 1. The average molecular weight is 234 g/mol. The Morgan fingerprint density at radius 1 is 1.00 bits per heavy atom. The van der Waals surface area contributed by atoms with E-state index in [4.69, 9.17) is 5.73 Å². The van der Waals surface area contributed by atoms with Gasteiger partial charge in [-0.2, -0.15) is 0 Å². The number of hydrogen-bond acceptors (Lipinski definition) is 2. The van der Waals surface area contributed by atoms with Gasteiger partial charge in [-0.15, -0.1) is 0 Å². The van der Waals surface area contributed by atoms with Crippen LogP contribution in [-0.4, -0.2) is 18.0 Å². The maximum Gasteiger partial charge on any atom is 0.0359 e. The molecule has 0 unspecified atom stereocenters. The van der Waals surface area contributed by atoms with Gasteiger partial charge in [0.25, 0.3) is 0 Å². The lowest BCUT2D eigenvalue weighted by molar-refractivity contribution is 0.257. The molecule has 0 bridgehead atoms. The quantitative estimate of drug-likeness (QED) is 0.695. The first kappa shape index (κ1) is 14.0. The van der Waals surface area contributed by atoms with Gasteiger partial charge in [-0.05, 0) is 37.6 Å². The second-order valence-electron chi connectivity index (χ2n) is 4.68. The van der Waals surface area contributed by atoms with Gasteiger partial charge in [0.2, 0.25) is 0 Å². The van der Waals surface area contributed by atoms with Gasteiger partial charge in [0, 0.05) is 12.2 Å². The molecule has 0 aliphatic heterocycles. The van der Waals surface area contributed by atoms with Gasteiger partial charge in [0.1, 0.15) is 0 Å². The van der Waals surface area contributed by atoms with Gasteiger partial charge in [-0.3, -0.25) is 4.90 Å². The highest BCUT2D eigenvalue weighted by molar-refractivity contribution is 5.46. The topological polar surface area (TPSA) is 29.3 Å². The maximum absolute atomic E-state index is 6.00. The molecule has 0 atom stereocenters. The molecule has 0 aromatic heterocycles. The largest absolute Gasteiger partial charge is 0.398 e. The summed E-state index contributed by atoms with van der Waals surface area (Å²) < 4.78 is 0. The summed E-state index contributed by atoms with van der Waals surface area (Å²) in [5.41, 5.74) is 8.18. The molecule has 0 amide bonds. The third-order valence-electron chi connectivity index (χ3n) is 3.10. The summed E-state index contributed by atoms with van der Waals surface area (Å²) in [4.78, 5) is 2.53. The molecule has 0 saturated carbocycles. The van der Waals surface area contributed by atoms with E-state index in [-0.39, 0.29) is 0 Å². The van der Waals surface area contributed by atoms with Crippen molar-refractivity contribution in [1.29, 1.82) is 0 Å². The zero-order valence-corrected chi connectivity index (χ0v) is 11.3. The van der Waals surface area contributed by atoms with E-state index in [2.05, 4.69) is 30.9 Å². The first-order valence-corrected chi connectivity index (χ1v) is 6.83. The highest BCUT2D eigenvalue weighted by atomic mass is 15.1. The fourth-order valence-electron chi connectivity index (χ4n) is 1.95. The molecule has 0 radical (unpaired) electrons. The number of nitrogens with zero attached hydrogens (tertiary/aromatic N) is 1. The van der Waals surface area contributed by atoms with E-state index in [0.717, 1.165) is 12.2 Å². The number of para-hydroxylation sites is 1. The highest BCUT2D eigenvalue weighted by Crippen LogP contribution is 2.14. The fraction of sp³-hybridized carbons (Fsp3) is 0.600. The molecule has 96 valence electrons. The number of nitrogen functional groups attached to an aromatic ring is 1. The molecule has 0 aliphatic rings. The predicted molar refractivity (Wildman–Crippen MR) is 75.9 cm³/mol. The minimum absolute atomic E-state index is 0.922. The Morgan fingerprint density at radius 2 is 1.59 bits per heavy atom. The van der Waals surface area contributed by atoms with Crippen molar-refractivity contribution >= 4 is 5.69 Å². The summed E-state index contributed by atoms with van der Waals surface area (Å²) in [5, 5.41) is 0. The lowest BCUT2D eigenvalue weighted by Crippen LogP contribution is -2.26. The summed E-state index contributed by atoms with van der Waals surface area (Å²) in [6, 6.07) is 8.21. The van der Waals surface area contributed by atoms with E-state index >= 15 is 0 Å². The van der Waals surface area contributed by atoms with Crippen LogP contribution in [0.1, 0.15) is 45.1 Å². The van der Waals surface area contributed by atoms with E-state index in [0.29, 0.717) is 0 Å². The van der Waals surface area contributed by atoms with Crippen LogP contribution in [0.5, 0.6) is 0 Å². The van der Waals surface area contributed by atoms with E-state index in [9.17, 15) is 0 Å². The Kier molecular flexibility index (Phi) is 6.71. The average Bonchev–Trinajstić information content (AvgIpc) is 2.35. The highest BCUT2D eigenvalue weighted by Gasteiger charge is 2.06. The van der Waals surface area contributed by atoms with E-state index in [1.165, 1.54) is 44.3 Å². The standard InChI is InChI=1S/C15H26N2/c1-3-5-11-17(12-6-4-2)13-14-9-7-8-10-15(14)16/h7-10H,3-6,11-13,16H2,1-2H3. The molecule has 0 heterocycles. The van der Waals surface area contributed by atoms with Crippen molar-refractivity contribution in [1.82, 2.24) is 4.90 Å². The molecule has 1 rings (SSSR count). The number of benzene rings is 1. The predicted octanol–water partition coefficient (Wildman–Crippen LogP) is 3.67. The van der Waals surface area contributed by atoms with Crippen molar-refractivity contribution in [3.8, 4) is 0 Å². The monoisotopic (exact) mass is 234 g/mol. The Balaban J connectivity index is 2.55. The Labute approximate surface area is 106 Å². The molecule has 1 aromatic rings. The summed E-state index contributed by atoms with van der Waals surface area (Å²) in [7, 11) is 0. The van der Waals surface area contributed by atoms with Crippen molar-refractivity contribution in [2.45, 2.75) is 46.1 Å². The van der Waals surface area contributed by atoms with E-state index in [1.54, 1.807) is 0 Å². The van der Waals surface area contributed by atoms with Gasteiger partial charge in [-0.1, -0.05) is 44.9 Å². The van der Waals surface area contributed by atoms with Crippen LogP contribution < -0.4 is 5.73 Å². The van der Waals surface area contributed by atoms with Crippen LogP contribution in [0.2, 0.25) is 0 Å². The molecule has 2 N–H and O–H groups in total. The van der Waals surface area contributed by atoms with Crippen LogP contribution in [0.25, 0.3) is 0 Å². The minimum Gasteiger partial charge on any atom is -0.398 e. The molecule has 0 fully saturated rings. The van der Waals surface area contributed by atoms with E-state index < -0.39 is 0 Å². The maximum atomic E-state index is 6.00. The number of nitrogens with two attached hydrogens (primary N) is 1. The molecule has 0 saturated heterocycles. The number of rotatable bonds is 8. The Hall–Kier alpha value is -1.02. The van der Waals surface area contributed by atoms with Gasteiger partial charge in [0.15, 0.2) is 0 Å². The lowest BCUT2D eigenvalue weighted by Gasteiger charge is -2.22. The summed E-state index contributed by atoms with van der Waals surface area (Å²) in [6.45, 7) is 7.85. The summed E-state index contributed by atoms with van der Waals surface area (Å²) in [6.07, 6.45) is 5.06. The molecule has 1 aromatic carbocycles. The molecule has 2 heteroatoms. The molecular weight excluding hydrogens is 208 g/mol. The molecule has 0 aliphatic carbocycles. The van der Waals surface area contributed by atoms with Crippen LogP contribution in [0, 0.1) is 0 Å². The van der Waals surface area contributed by atoms with Gasteiger partial charge in [0.05, 0.1) is 0 Å². The molecule has 17 heavy (non-hydrogen) atoms. The SMILES string of the molecule is CCCCN(CCCC)Cc1ccccc1N. The van der Waals surface area contributed by atoms with Crippen LogP contribution in [0.3, 0.4) is 0 Å². The Bertz CT molecular complexity index is 302. The summed E-state index contributed by atoms with van der Waals surface area (Å²) >= 11 is 0. The molecule has 0 spiro atoms. The zero-order chi connectivity index (χ0) is 12.5. The van der Waals surface area contributed by atoms with Crippen molar-refractivity contribution in [3.63, 3.8) is 0 Å². The lowest BCUT2D eigenvalue weighted by atomic mass is 10.1. The number of unbranched alkanes of at least 4 members (excludes halogenated alkanes) is 2. The third kappa shape index (κ3) is 5.22. The van der Waals surface area contributed by atoms with E-state index in [1.807, 2.05) is 12.1 Å². The van der Waals surface area contributed by atoms with Gasteiger partial charge >= 0.3 is 0 Å². The Morgan fingerprint density at radius 3 is 2.12 bits per heavy atom. The van der Waals surface area contributed by atoms with Crippen molar-refractivity contribution in [2.24, 2.45) is 0 Å². The molecule has 2 nitrogen and oxygen atoms in total. The number of anilines is 1. The van der Waals surface area contributed by atoms with Crippen LogP contribution in [0.15, 0.2) is 24.3 Å². The second-order valence-corrected chi connectivity index (χ2v) is 4.68. The first-order valence-electron chi connectivity index (χ1n) is 6.83. The van der Waals surface area contributed by atoms with Crippen molar-refractivity contribution in [3.05, 3.63) is 29.8 Å². The van der Waals surface area contributed by atoms with Crippen molar-refractivity contribution < 1.29 is 0 Å². The fourth-order valence-corrected chi connectivity index (χ4v) is 1.95. The minimum atomic E-state index is 0.922. The normalized spacial score (nSPS) is 11.0. The van der Waals surface area contributed by atoms with Crippen LogP contribution >= 0.6 is 0 Å². The smallest absolute Gasteiger partial charge is 0.0359 e. The van der Waals surface area contributed by atoms with Crippen LogP contribution in [0.4, 0.5) is 5.69 Å². The van der Waals surface area contributed by atoms with Gasteiger partial charge in [-0.25, -0.2) is 0 Å². The summed E-state index contributed by atoms with van der Waals surface area (Å²) in [5.74, 6) is 0. The van der Waals surface area contributed by atoms with Gasteiger partial charge < -0.3 is 5.73 Å². The van der Waals surface area contributed by atoms with Crippen LogP contribution in [-0.2, 0) is 6.54 Å². The zero-order valence-electron chi connectivity index (χ0n) is 11.3. The molecular formula is C15H26N2. The third-order valence-corrected chi connectivity index (χ3v) is 3.10. The first-order chi connectivity index (χ1) is 8.27. The second kappa shape index (κ2) is 8.13.